The normalized spacial score (nSPS) is 10.4. The standard InChI is InChI=1S/C13H20N2O2/c1-10(2)13(17)14-11-4-6-12(7-5-11)15(3)8-9-16/h4-7,10,16H,8-9H2,1-3H3,(H,14,17). The Bertz CT molecular complexity index is 360. The van der Waals surface area contributed by atoms with Gasteiger partial charge in [-0.15, -0.1) is 0 Å². The van der Waals surface area contributed by atoms with Crippen molar-refractivity contribution in [1.82, 2.24) is 0 Å². The van der Waals surface area contributed by atoms with E-state index in [4.69, 9.17) is 5.11 Å². The maximum atomic E-state index is 11.5. The first-order valence-corrected chi connectivity index (χ1v) is 5.77. The van der Waals surface area contributed by atoms with Gasteiger partial charge in [-0.25, -0.2) is 0 Å². The molecule has 0 aliphatic heterocycles. The van der Waals surface area contributed by atoms with Gasteiger partial charge in [0.05, 0.1) is 6.61 Å². The molecule has 0 radical (unpaired) electrons. The first kappa shape index (κ1) is 13.5. The highest BCUT2D eigenvalue weighted by Gasteiger charge is 2.07. The van der Waals surface area contributed by atoms with Crippen molar-refractivity contribution < 1.29 is 9.90 Å². The fourth-order valence-electron chi connectivity index (χ4n) is 1.36. The molecule has 4 nitrogen and oxygen atoms in total. The van der Waals surface area contributed by atoms with Crippen LogP contribution < -0.4 is 10.2 Å². The first-order chi connectivity index (χ1) is 8.04. The van der Waals surface area contributed by atoms with E-state index < -0.39 is 0 Å². The van der Waals surface area contributed by atoms with E-state index in [2.05, 4.69) is 5.32 Å². The summed E-state index contributed by atoms with van der Waals surface area (Å²) in [7, 11) is 1.91. The Labute approximate surface area is 102 Å². The molecule has 0 spiro atoms. The Hall–Kier alpha value is -1.55. The van der Waals surface area contributed by atoms with Crippen molar-refractivity contribution in [3.05, 3.63) is 24.3 Å². The molecular formula is C13H20N2O2. The lowest BCUT2D eigenvalue weighted by Crippen LogP contribution is -2.21. The van der Waals surface area contributed by atoms with Gasteiger partial charge >= 0.3 is 0 Å². The molecule has 0 aliphatic rings. The summed E-state index contributed by atoms with van der Waals surface area (Å²) in [5.41, 5.74) is 1.81. The number of carbonyl (C=O) groups is 1. The predicted octanol–water partition coefficient (Wildman–Crippen LogP) is 1.71. The third-order valence-corrected chi connectivity index (χ3v) is 2.54. The van der Waals surface area contributed by atoms with E-state index in [-0.39, 0.29) is 18.4 Å². The number of benzene rings is 1. The number of likely N-dealkylation sites (N-methyl/N-ethyl adjacent to an activating group) is 1. The summed E-state index contributed by atoms with van der Waals surface area (Å²) in [6.45, 7) is 4.44. The van der Waals surface area contributed by atoms with Crippen LogP contribution in [0.2, 0.25) is 0 Å². The highest BCUT2D eigenvalue weighted by molar-refractivity contribution is 5.92. The number of rotatable bonds is 5. The van der Waals surface area contributed by atoms with Crippen molar-refractivity contribution in [2.75, 3.05) is 30.4 Å². The summed E-state index contributed by atoms with van der Waals surface area (Å²) in [4.78, 5) is 13.4. The summed E-state index contributed by atoms with van der Waals surface area (Å²) in [6, 6.07) is 7.57. The minimum Gasteiger partial charge on any atom is -0.395 e. The van der Waals surface area contributed by atoms with E-state index >= 15 is 0 Å². The van der Waals surface area contributed by atoms with Crippen molar-refractivity contribution in [1.29, 1.82) is 0 Å². The monoisotopic (exact) mass is 236 g/mol. The topological polar surface area (TPSA) is 52.6 Å². The molecule has 2 N–H and O–H groups in total. The van der Waals surface area contributed by atoms with Gasteiger partial charge in [-0.05, 0) is 24.3 Å². The third-order valence-electron chi connectivity index (χ3n) is 2.54. The van der Waals surface area contributed by atoms with Crippen LogP contribution in [0, 0.1) is 5.92 Å². The molecule has 1 aromatic carbocycles. The van der Waals surface area contributed by atoms with Crippen LogP contribution in [0.5, 0.6) is 0 Å². The summed E-state index contributed by atoms with van der Waals surface area (Å²) in [6.07, 6.45) is 0. The summed E-state index contributed by atoms with van der Waals surface area (Å²) in [5.74, 6) is -0.00629. The zero-order chi connectivity index (χ0) is 12.8. The van der Waals surface area contributed by atoms with E-state index in [9.17, 15) is 4.79 Å². The van der Waals surface area contributed by atoms with Crippen LogP contribution >= 0.6 is 0 Å². The van der Waals surface area contributed by atoms with Gasteiger partial charge in [0, 0.05) is 30.9 Å². The van der Waals surface area contributed by atoms with Gasteiger partial charge in [0.2, 0.25) is 5.91 Å². The van der Waals surface area contributed by atoms with Crippen LogP contribution in [0.15, 0.2) is 24.3 Å². The summed E-state index contributed by atoms with van der Waals surface area (Å²) >= 11 is 0. The molecule has 0 heterocycles. The number of nitrogens with zero attached hydrogens (tertiary/aromatic N) is 1. The second-order valence-electron chi connectivity index (χ2n) is 4.34. The number of aliphatic hydroxyl groups excluding tert-OH is 1. The average molecular weight is 236 g/mol. The fourth-order valence-corrected chi connectivity index (χ4v) is 1.36. The third kappa shape index (κ3) is 4.07. The molecule has 0 aromatic heterocycles. The molecule has 0 aliphatic carbocycles. The molecule has 4 heteroatoms. The summed E-state index contributed by atoms with van der Waals surface area (Å²) in [5, 5.41) is 11.7. The molecule has 0 fully saturated rings. The molecule has 0 saturated carbocycles. The number of carbonyl (C=O) groups excluding carboxylic acids is 1. The van der Waals surface area contributed by atoms with Crippen LogP contribution in [0.1, 0.15) is 13.8 Å². The lowest BCUT2D eigenvalue weighted by Gasteiger charge is -2.18. The smallest absolute Gasteiger partial charge is 0.226 e. The van der Waals surface area contributed by atoms with Crippen LogP contribution in [0.4, 0.5) is 11.4 Å². The van der Waals surface area contributed by atoms with E-state index in [0.717, 1.165) is 11.4 Å². The quantitative estimate of drug-likeness (QED) is 0.818. The fraction of sp³-hybridized carbons (Fsp3) is 0.462. The Morgan fingerprint density at radius 3 is 2.41 bits per heavy atom. The highest BCUT2D eigenvalue weighted by atomic mass is 16.3. The van der Waals surface area contributed by atoms with Crippen molar-refractivity contribution in [2.24, 2.45) is 5.92 Å². The van der Waals surface area contributed by atoms with Gasteiger partial charge in [0.15, 0.2) is 0 Å². The number of hydrogen-bond donors (Lipinski definition) is 2. The van der Waals surface area contributed by atoms with Gasteiger partial charge in [-0.1, -0.05) is 13.8 Å². The van der Waals surface area contributed by atoms with Crippen molar-refractivity contribution in [3.63, 3.8) is 0 Å². The lowest BCUT2D eigenvalue weighted by atomic mass is 10.2. The molecule has 17 heavy (non-hydrogen) atoms. The van der Waals surface area contributed by atoms with Gasteiger partial charge in [0.1, 0.15) is 0 Å². The number of aliphatic hydroxyl groups is 1. The van der Waals surface area contributed by atoms with Gasteiger partial charge in [-0.3, -0.25) is 4.79 Å². The van der Waals surface area contributed by atoms with Crippen LogP contribution in [0.25, 0.3) is 0 Å². The zero-order valence-electron chi connectivity index (χ0n) is 10.6. The second kappa shape index (κ2) is 6.25. The number of nitrogens with one attached hydrogen (secondary N) is 1. The maximum absolute atomic E-state index is 11.5. The van der Waals surface area contributed by atoms with E-state index in [0.29, 0.717) is 6.54 Å². The van der Waals surface area contributed by atoms with E-state index in [1.165, 1.54) is 0 Å². The molecule has 0 bridgehead atoms. The van der Waals surface area contributed by atoms with Crippen molar-refractivity contribution in [2.45, 2.75) is 13.8 Å². The van der Waals surface area contributed by atoms with Gasteiger partial charge in [0.25, 0.3) is 0 Å². The second-order valence-corrected chi connectivity index (χ2v) is 4.34. The highest BCUT2D eigenvalue weighted by Crippen LogP contribution is 2.17. The molecule has 1 amide bonds. The molecule has 1 aromatic rings. The number of hydrogen-bond acceptors (Lipinski definition) is 3. The molecule has 0 unspecified atom stereocenters. The zero-order valence-corrected chi connectivity index (χ0v) is 10.6. The lowest BCUT2D eigenvalue weighted by molar-refractivity contribution is -0.118. The van der Waals surface area contributed by atoms with Gasteiger partial charge < -0.3 is 15.3 Å². The molecule has 0 saturated heterocycles. The molecule has 94 valence electrons. The van der Waals surface area contributed by atoms with Crippen molar-refractivity contribution >= 4 is 17.3 Å². The Kier molecular flexibility index (Phi) is 4.97. The van der Waals surface area contributed by atoms with Crippen LogP contribution in [0.3, 0.4) is 0 Å². The maximum Gasteiger partial charge on any atom is 0.226 e. The Balaban J connectivity index is 2.65. The average Bonchev–Trinajstić information content (AvgIpc) is 2.30. The van der Waals surface area contributed by atoms with E-state index in [1.54, 1.807) is 0 Å². The predicted molar refractivity (Wildman–Crippen MR) is 70.3 cm³/mol. The number of amides is 1. The minimum absolute atomic E-state index is 0.0152. The van der Waals surface area contributed by atoms with E-state index in [1.807, 2.05) is 50.1 Å². The largest absolute Gasteiger partial charge is 0.395 e. The molecule has 0 atom stereocenters. The van der Waals surface area contributed by atoms with Crippen LogP contribution in [-0.2, 0) is 4.79 Å². The molecule has 1 rings (SSSR count). The number of anilines is 2. The SMILES string of the molecule is CC(C)C(=O)Nc1ccc(N(C)CCO)cc1. The Morgan fingerprint density at radius 1 is 1.35 bits per heavy atom. The van der Waals surface area contributed by atoms with Crippen molar-refractivity contribution in [3.8, 4) is 0 Å². The minimum atomic E-state index is -0.0215. The Morgan fingerprint density at radius 2 is 1.94 bits per heavy atom. The van der Waals surface area contributed by atoms with Gasteiger partial charge in [-0.2, -0.15) is 0 Å². The summed E-state index contributed by atoms with van der Waals surface area (Å²) < 4.78 is 0. The first-order valence-electron chi connectivity index (χ1n) is 5.77. The molecular weight excluding hydrogens is 216 g/mol. The van der Waals surface area contributed by atoms with Crippen LogP contribution in [-0.4, -0.2) is 31.2 Å².